The molecule has 2 aromatic heterocycles. The zero-order valence-electron chi connectivity index (χ0n) is 25.6. The Morgan fingerprint density at radius 1 is 1.04 bits per heavy atom. The second-order valence-electron chi connectivity index (χ2n) is 12.3. The van der Waals surface area contributed by atoms with Crippen molar-refractivity contribution in [1.29, 1.82) is 0 Å². The number of carboxylic acid groups (broad SMARTS) is 1. The van der Waals surface area contributed by atoms with E-state index in [0.29, 0.717) is 23.1 Å². The lowest BCUT2D eigenvalue weighted by Crippen LogP contribution is -2.27. The smallest absolute Gasteiger partial charge is 0.328 e. The molecule has 45 heavy (non-hydrogen) atoms. The number of hydrogen-bond acceptors (Lipinski definition) is 5. The summed E-state index contributed by atoms with van der Waals surface area (Å²) < 4.78 is 36.4. The molecule has 0 saturated heterocycles. The molecule has 0 fully saturated rings. The van der Waals surface area contributed by atoms with Gasteiger partial charge in [0.15, 0.2) is 17.4 Å². The number of nitrogens with zero attached hydrogens (tertiary/aromatic N) is 2. The Kier molecular flexibility index (Phi) is 8.88. The molecule has 0 spiro atoms. The summed E-state index contributed by atoms with van der Waals surface area (Å²) in [6.45, 7) is 8.22. The van der Waals surface area contributed by atoms with E-state index < -0.39 is 23.0 Å². The number of carbonyl (C=O) groups is 1. The zero-order chi connectivity index (χ0) is 32.4. The highest BCUT2D eigenvalue weighted by molar-refractivity contribution is 5.95. The Balaban J connectivity index is 1.51. The van der Waals surface area contributed by atoms with Crippen LogP contribution in [0.25, 0.3) is 28.4 Å². The first-order valence-corrected chi connectivity index (χ1v) is 14.7. The summed E-state index contributed by atoms with van der Waals surface area (Å²) in [4.78, 5) is 18.9. The molecule has 3 aromatic carbocycles. The molecule has 2 heterocycles. The highest BCUT2D eigenvalue weighted by Gasteiger charge is 2.34. The number of aliphatic hydroxyl groups excluding tert-OH is 1. The van der Waals surface area contributed by atoms with Crippen LogP contribution in [-0.4, -0.2) is 43.0 Å². The third kappa shape index (κ3) is 6.81. The predicted octanol–water partition coefficient (Wildman–Crippen LogP) is 7.92. The van der Waals surface area contributed by atoms with Gasteiger partial charge in [0.05, 0.1) is 11.0 Å². The third-order valence-corrected chi connectivity index (χ3v) is 8.21. The van der Waals surface area contributed by atoms with Crippen LogP contribution in [0.4, 0.5) is 8.78 Å². The van der Waals surface area contributed by atoms with Crippen molar-refractivity contribution < 1.29 is 28.5 Å². The molecular weight excluding hydrogens is 578 g/mol. The van der Waals surface area contributed by atoms with Crippen LogP contribution in [0, 0.1) is 24.0 Å². The Morgan fingerprint density at radius 3 is 2.58 bits per heavy atom. The van der Waals surface area contributed by atoms with Crippen molar-refractivity contribution in [3.05, 3.63) is 101 Å². The van der Waals surface area contributed by atoms with E-state index in [4.69, 9.17) is 9.72 Å². The van der Waals surface area contributed by atoms with Crippen LogP contribution in [0.2, 0.25) is 0 Å². The molecule has 1 atom stereocenters. The number of halogens is 2. The molecule has 0 aliphatic heterocycles. The van der Waals surface area contributed by atoms with Crippen molar-refractivity contribution in [3.63, 3.8) is 0 Å². The lowest BCUT2D eigenvalue weighted by Gasteiger charge is -2.30. The quantitative estimate of drug-likeness (QED) is 0.106. The maximum Gasteiger partial charge on any atom is 0.328 e. The first-order chi connectivity index (χ1) is 21.4. The minimum atomic E-state index is -1.20. The summed E-state index contributed by atoms with van der Waals surface area (Å²) in [5.41, 5.74) is 2.04. The van der Waals surface area contributed by atoms with E-state index in [0.717, 1.165) is 30.0 Å². The van der Waals surface area contributed by atoms with E-state index >= 15 is 8.78 Å². The van der Waals surface area contributed by atoms with Crippen LogP contribution in [0.5, 0.6) is 11.5 Å². The number of fused-ring (bicyclic) bond motifs is 1. The van der Waals surface area contributed by atoms with Crippen molar-refractivity contribution in [2.75, 3.05) is 6.61 Å². The minimum Gasteiger partial charge on any atom is -0.478 e. The topological polar surface area (TPSA) is 124 Å². The number of aliphatic carboxylic acids is 1. The van der Waals surface area contributed by atoms with Crippen LogP contribution in [0.1, 0.15) is 62.5 Å². The number of rotatable bonds is 12. The summed E-state index contributed by atoms with van der Waals surface area (Å²) in [7, 11) is 0. The van der Waals surface area contributed by atoms with Gasteiger partial charge in [-0.25, -0.2) is 18.6 Å². The lowest BCUT2D eigenvalue weighted by atomic mass is 9.75. The number of carboxylic acids is 1. The molecule has 0 saturated carbocycles. The van der Waals surface area contributed by atoms with Crippen molar-refractivity contribution >= 4 is 22.9 Å². The van der Waals surface area contributed by atoms with Gasteiger partial charge in [-0.1, -0.05) is 50.1 Å². The fourth-order valence-corrected chi connectivity index (χ4v) is 5.48. The van der Waals surface area contributed by atoms with Gasteiger partial charge in [0.2, 0.25) is 0 Å². The molecule has 4 N–H and O–H groups in total. The Labute approximate surface area is 259 Å². The highest BCUT2D eigenvalue weighted by Crippen LogP contribution is 2.39. The van der Waals surface area contributed by atoms with E-state index in [-0.39, 0.29) is 40.5 Å². The number of hydrogen-bond donors (Lipinski definition) is 4. The fourth-order valence-electron chi connectivity index (χ4n) is 5.48. The van der Waals surface area contributed by atoms with Crippen LogP contribution < -0.4 is 4.74 Å². The second kappa shape index (κ2) is 12.6. The van der Waals surface area contributed by atoms with E-state index in [2.05, 4.69) is 28.2 Å². The first-order valence-electron chi connectivity index (χ1n) is 14.7. The molecule has 0 amide bonds. The maximum atomic E-state index is 15.3. The number of aryl methyl sites for hydroxylation is 1. The average molecular weight is 615 g/mol. The Bertz CT molecular complexity index is 1880. The predicted molar refractivity (Wildman–Crippen MR) is 169 cm³/mol. The molecule has 5 aromatic rings. The van der Waals surface area contributed by atoms with E-state index in [1.54, 1.807) is 12.3 Å². The molecule has 0 radical (unpaired) electrons. The Morgan fingerprint density at radius 2 is 1.84 bits per heavy atom. The van der Waals surface area contributed by atoms with Gasteiger partial charge in [-0.2, -0.15) is 5.10 Å². The van der Waals surface area contributed by atoms with Gasteiger partial charge < -0.3 is 19.9 Å². The van der Waals surface area contributed by atoms with Gasteiger partial charge in [0.25, 0.3) is 0 Å². The number of H-pyrrole nitrogens is 2. The van der Waals surface area contributed by atoms with Crippen molar-refractivity contribution in [3.8, 4) is 22.9 Å². The first kappa shape index (κ1) is 31.6. The number of ether oxygens (including phenoxy) is 1. The molecule has 0 aliphatic carbocycles. The van der Waals surface area contributed by atoms with Crippen LogP contribution in [0.15, 0.2) is 66.9 Å². The third-order valence-electron chi connectivity index (χ3n) is 8.21. The largest absolute Gasteiger partial charge is 0.478 e. The number of aromatic amines is 2. The van der Waals surface area contributed by atoms with E-state index in [1.807, 2.05) is 39.0 Å². The molecular formula is C35H36F2N4O4. The number of nitrogens with one attached hydrogen (secondary N) is 2. The number of aliphatic hydroxyl groups is 1. The van der Waals surface area contributed by atoms with Gasteiger partial charge in [0, 0.05) is 41.4 Å². The maximum absolute atomic E-state index is 15.3. The van der Waals surface area contributed by atoms with Crippen molar-refractivity contribution in [1.82, 2.24) is 20.2 Å². The monoisotopic (exact) mass is 614 g/mol. The second-order valence-corrected chi connectivity index (χ2v) is 12.3. The van der Waals surface area contributed by atoms with Crippen molar-refractivity contribution in [2.24, 2.45) is 5.41 Å². The van der Waals surface area contributed by atoms with Gasteiger partial charge in [-0.05, 0) is 68.0 Å². The molecule has 8 nitrogen and oxygen atoms in total. The SMILES string of the molecule is Cc1cccc(C(C)(CCCC(C)(C)CO)c2nc(-c3cc(Oc4c(F)cc5[nH]ccc5c4/C=C/C(=O)O)ccc3F)n[nH]2)c1. The standard InChI is InChI=1S/C35H36F2N4O4/c1-21-7-5-8-22(17-21)35(4,15-6-14-34(2,3)20-42)33-39-32(40-41-33)26-18-23(9-11-27(26)36)45-31-25(10-12-30(43)44)24-13-16-38-29(24)19-28(31)37/h5,7-13,16-19,38,42H,6,14-15,20H2,1-4H3,(H,43,44)(H,39,40,41)/b12-10+. The summed E-state index contributed by atoms with van der Waals surface area (Å²) in [6.07, 6.45) is 6.08. The molecule has 10 heteroatoms. The highest BCUT2D eigenvalue weighted by atomic mass is 19.1. The van der Waals surface area contributed by atoms with Crippen LogP contribution >= 0.6 is 0 Å². The normalized spacial score (nSPS) is 13.4. The van der Waals surface area contributed by atoms with Gasteiger partial charge >= 0.3 is 5.97 Å². The lowest BCUT2D eigenvalue weighted by molar-refractivity contribution is -0.131. The summed E-state index contributed by atoms with van der Waals surface area (Å²) >= 11 is 0. The van der Waals surface area contributed by atoms with E-state index in [9.17, 15) is 15.0 Å². The molecule has 0 bridgehead atoms. The fraction of sp³-hybridized carbons (Fsp3) is 0.286. The average Bonchev–Trinajstić information content (AvgIpc) is 3.68. The van der Waals surface area contributed by atoms with Gasteiger partial charge in [0.1, 0.15) is 17.4 Å². The van der Waals surface area contributed by atoms with Crippen LogP contribution in [-0.2, 0) is 10.2 Å². The summed E-state index contributed by atoms with van der Waals surface area (Å²) in [6, 6.07) is 15.0. The van der Waals surface area contributed by atoms with Gasteiger partial charge in [-0.15, -0.1) is 0 Å². The molecule has 5 rings (SSSR count). The van der Waals surface area contributed by atoms with Crippen molar-refractivity contribution in [2.45, 2.75) is 52.4 Å². The summed E-state index contributed by atoms with van der Waals surface area (Å²) in [5, 5.41) is 26.9. The number of benzene rings is 3. The molecule has 234 valence electrons. The minimum absolute atomic E-state index is 0.0498. The Hall–Kier alpha value is -4.83. The van der Waals surface area contributed by atoms with Crippen LogP contribution in [0.3, 0.4) is 0 Å². The zero-order valence-corrected chi connectivity index (χ0v) is 25.6. The molecule has 0 aliphatic rings. The van der Waals surface area contributed by atoms with Gasteiger partial charge in [-0.3, -0.25) is 5.10 Å². The molecule has 1 unspecified atom stereocenters. The summed E-state index contributed by atoms with van der Waals surface area (Å²) in [5.74, 6) is -1.94. The van der Waals surface area contributed by atoms with E-state index in [1.165, 1.54) is 30.3 Å². The number of aromatic nitrogens is 4.